The molecular weight excluding hydrogens is 98.0 g/mol. The summed E-state index contributed by atoms with van der Waals surface area (Å²) in [4.78, 5) is 9.30. The molecule has 5 nitrogen and oxygen atoms in total. The summed E-state index contributed by atoms with van der Waals surface area (Å²) in [5, 5.41) is 16.2. The summed E-state index contributed by atoms with van der Waals surface area (Å²) in [6.45, 7) is -0.243. The van der Waals surface area contributed by atoms with Crippen LogP contribution in [0.25, 0.3) is 0 Å². The highest BCUT2D eigenvalue weighted by Gasteiger charge is 1.85. The molecule has 0 saturated heterocycles. The third-order valence-electron chi connectivity index (χ3n) is 0.287. The molecule has 0 bridgehead atoms. The Morgan fingerprint density at radius 1 is 2.00 bits per heavy atom. The van der Waals surface area contributed by atoms with Crippen molar-refractivity contribution in [1.29, 1.82) is 5.26 Å². The lowest BCUT2D eigenvalue weighted by molar-refractivity contribution is -0.542. The molecule has 0 spiro atoms. The predicted octanol–water partition coefficient (Wildman–Crippen LogP) is -0.709. The van der Waals surface area contributed by atoms with Crippen LogP contribution in [0.2, 0.25) is 0 Å². The van der Waals surface area contributed by atoms with Gasteiger partial charge in [0.15, 0.2) is 11.6 Å². The van der Waals surface area contributed by atoms with Gasteiger partial charge in [0, 0.05) is 0 Å². The van der Waals surface area contributed by atoms with E-state index in [1.807, 2.05) is 0 Å². The molecule has 0 amide bonds. The maximum absolute atomic E-state index is 9.30. The fourth-order valence-corrected chi connectivity index (χ4v) is 0.0999. The highest BCUT2D eigenvalue weighted by atomic mass is 16.7. The van der Waals surface area contributed by atoms with Crippen molar-refractivity contribution in [3.63, 3.8) is 0 Å². The Labute approximate surface area is 39.7 Å². The van der Waals surface area contributed by atoms with Gasteiger partial charge in [0.1, 0.15) is 0 Å². The third kappa shape index (κ3) is 4.69. The van der Waals surface area contributed by atoms with Crippen LogP contribution in [0.4, 0.5) is 0 Å². The van der Waals surface area contributed by atoms with Gasteiger partial charge < -0.3 is 0 Å². The average molecular weight is 101 g/mol. The summed E-state index contributed by atoms with van der Waals surface area (Å²) >= 11 is 0. The van der Waals surface area contributed by atoms with Crippen molar-refractivity contribution < 1.29 is 5.03 Å². The number of nitrogens with one attached hydrogen (secondary N) is 1. The minimum absolute atomic E-state index is 0.243. The van der Waals surface area contributed by atoms with Crippen LogP contribution < -0.4 is 5.43 Å². The van der Waals surface area contributed by atoms with Gasteiger partial charge in [-0.1, -0.05) is 0 Å². The van der Waals surface area contributed by atoms with E-state index in [0.29, 0.717) is 0 Å². The van der Waals surface area contributed by atoms with Crippen LogP contribution in [-0.2, 0) is 0 Å². The zero-order valence-electron chi connectivity index (χ0n) is 3.42. The molecule has 0 saturated carbocycles. The molecule has 0 aliphatic rings. The number of rotatable bonds is 2. The number of hydrogen-bond donors (Lipinski definition) is 1. The molecule has 0 aromatic rings. The molecule has 0 fully saturated rings. The molecule has 0 aromatic carbocycles. The fourth-order valence-electron chi connectivity index (χ4n) is 0.0999. The van der Waals surface area contributed by atoms with Gasteiger partial charge >= 0.3 is 0 Å². The van der Waals surface area contributed by atoms with E-state index in [0.717, 1.165) is 0 Å². The summed E-state index contributed by atoms with van der Waals surface area (Å²) in [5.41, 5.74) is 1.66. The van der Waals surface area contributed by atoms with E-state index in [1.54, 1.807) is 11.5 Å². The van der Waals surface area contributed by atoms with Gasteiger partial charge in [0.25, 0.3) is 0 Å². The molecule has 7 heavy (non-hydrogen) atoms. The van der Waals surface area contributed by atoms with Crippen LogP contribution in [0.5, 0.6) is 0 Å². The maximum atomic E-state index is 9.30. The van der Waals surface area contributed by atoms with E-state index >= 15 is 0 Å². The van der Waals surface area contributed by atoms with E-state index in [1.165, 1.54) is 0 Å². The molecule has 0 aromatic heterocycles. The lowest BCUT2D eigenvalue weighted by atomic mass is 10.8. The molecule has 0 aliphatic heterocycles. The minimum Gasteiger partial charge on any atom is -0.235 e. The highest BCUT2D eigenvalue weighted by molar-refractivity contribution is 4.68. The van der Waals surface area contributed by atoms with Crippen molar-refractivity contribution in [1.82, 2.24) is 5.43 Å². The maximum Gasteiger partial charge on any atom is 0.162 e. The summed E-state index contributed by atoms with van der Waals surface area (Å²) < 4.78 is 0. The van der Waals surface area contributed by atoms with E-state index in [9.17, 15) is 10.1 Å². The predicted molar refractivity (Wildman–Crippen MR) is 20.6 cm³/mol. The third-order valence-corrected chi connectivity index (χ3v) is 0.287. The molecule has 0 radical (unpaired) electrons. The molecule has 5 heteroatoms. The molecule has 0 heterocycles. The molecule has 38 valence electrons. The van der Waals surface area contributed by atoms with Gasteiger partial charge in [-0.3, -0.25) is 0 Å². The zero-order chi connectivity index (χ0) is 5.70. The number of nitro groups is 1. The van der Waals surface area contributed by atoms with E-state index in [2.05, 4.69) is 0 Å². The van der Waals surface area contributed by atoms with Gasteiger partial charge in [-0.25, -0.2) is 10.1 Å². The first-order chi connectivity index (χ1) is 3.27. The normalized spacial score (nSPS) is 6.71. The van der Waals surface area contributed by atoms with Crippen molar-refractivity contribution in [3.05, 3.63) is 10.1 Å². The van der Waals surface area contributed by atoms with Gasteiger partial charge in [0.05, 0.1) is 6.07 Å². The average Bonchev–Trinajstić information content (AvgIpc) is 1.61. The number of nitriles is 1. The summed E-state index contributed by atoms with van der Waals surface area (Å²) in [5.74, 6) is 0. The van der Waals surface area contributed by atoms with Crippen LogP contribution in [0.3, 0.4) is 0 Å². The molecule has 0 unspecified atom stereocenters. The summed E-state index contributed by atoms with van der Waals surface area (Å²) in [7, 11) is 0. The van der Waals surface area contributed by atoms with Crippen LogP contribution in [-0.4, -0.2) is 11.6 Å². The first-order valence-corrected chi connectivity index (χ1v) is 1.52. The second kappa shape index (κ2) is 2.90. The topological polar surface area (TPSA) is 79.0 Å². The van der Waals surface area contributed by atoms with Gasteiger partial charge in [0.2, 0.25) is 0 Å². The molecule has 0 atom stereocenters. The van der Waals surface area contributed by atoms with Crippen molar-refractivity contribution in [2.45, 2.75) is 0 Å². The zero-order valence-corrected chi connectivity index (χ0v) is 3.42. The number of hydrogen-bond acceptors (Lipinski definition) is 3. The number of hydrazine groups is 1. The lowest BCUT2D eigenvalue weighted by Gasteiger charge is -1.82. The first kappa shape index (κ1) is 5.69. The van der Waals surface area contributed by atoms with Crippen molar-refractivity contribution in [2.24, 2.45) is 0 Å². The van der Waals surface area contributed by atoms with Crippen molar-refractivity contribution in [2.75, 3.05) is 6.54 Å². The largest absolute Gasteiger partial charge is 0.235 e. The Bertz CT molecular complexity index is 104. The Morgan fingerprint density at radius 2 is 2.57 bits per heavy atom. The SMILES string of the molecule is N#CCN[N+](=O)[O-]. The van der Waals surface area contributed by atoms with Crippen molar-refractivity contribution in [3.8, 4) is 6.07 Å². The van der Waals surface area contributed by atoms with Crippen LogP contribution in [0.15, 0.2) is 0 Å². The van der Waals surface area contributed by atoms with Gasteiger partial charge in [-0.05, 0) is 0 Å². The summed E-state index contributed by atoms with van der Waals surface area (Å²) in [6.07, 6.45) is 0. The van der Waals surface area contributed by atoms with E-state index in [-0.39, 0.29) is 6.54 Å². The first-order valence-electron chi connectivity index (χ1n) is 1.52. The number of nitrogens with zero attached hydrogens (tertiary/aromatic N) is 2. The second-order valence-electron chi connectivity index (χ2n) is 0.750. The molecule has 0 aliphatic carbocycles. The molecule has 0 rings (SSSR count). The van der Waals surface area contributed by atoms with Crippen LogP contribution >= 0.6 is 0 Å². The van der Waals surface area contributed by atoms with Crippen LogP contribution in [0.1, 0.15) is 0 Å². The van der Waals surface area contributed by atoms with Crippen LogP contribution in [0, 0.1) is 21.4 Å². The Hall–Kier alpha value is -1.31. The van der Waals surface area contributed by atoms with E-state index in [4.69, 9.17) is 5.26 Å². The minimum atomic E-state index is -0.761. The summed E-state index contributed by atoms with van der Waals surface area (Å²) in [6, 6.07) is 1.55. The fraction of sp³-hybridized carbons (Fsp3) is 0.500. The standard InChI is InChI=1S/C2H3N3O2/c3-1-2-4-5(6)7/h4H,2H2. The quantitative estimate of drug-likeness (QED) is 0.283. The highest BCUT2D eigenvalue weighted by Crippen LogP contribution is 1.52. The van der Waals surface area contributed by atoms with E-state index < -0.39 is 5.03 Å². The second-order valence-corrected chi connectivity index (χ2v) is 0.750. The lowest BCUT2D eigenvalue weighted by Crippen LogP contribution is -2.20. The Balaban J connectivity index is 3.02. The molecular formula is C2H3N3O2. The monoisotopic (exact) mass is 101 g/mol. The van der Waals surface area contributed by atoms with Gasteiger partial charge in [-0.15, -0.1) is 5.43 Å². The van der Waals surface area contributed by atoms with Gasteiger partial charge in [-0.2, -0.15) is 5.26 Å². The Morgan fingerprint density at radius 3 is 2.71 bits per heavy atom. The Kier molecular flexibility index (Phi) is 2.36. The molecule has 1 N–H and O–H groups in total. The smallest absolute Gasteiger partial charge is 0.162 e. The van der Waals surface area contributed by atoms with Crippen molar-refractivity contribution >= 4 is 0 Å².